The van der Waals surface area contributed by atoms with E-state index in [1.807, 2.05) is 0 Å². The van der Waals surface area contributed by atoms with E-state index in [9.17, 15) is 40.5 Å². The van der Waals surface area contributed by atoms with E-state index in [-0.39, 0.29) is 29.9 Å². The Morgan fingerprint density at radius 3 is 2.42 bits per heavy atom. The number of aliphatic hydroxyl groups excluding tert-OH is 6. The smallest absolute Gasteiger partial charge is 0.342 e. The monoisotopic (exact) mass is 540 g/mol. The molecule has 2 fully saturated rings. The molecule has 0 aliphatic carbocycles. The van der Waals surface area contributed by atoms with Gasteiger partial charge in [0.25, 0.3) is 0 Å². The topological polar surface area (TPSA) is 214 Å². The molecule has 7 N–H and O–H groups in total. The molecule has 208 valence electrons. The average molecular weight is 540 g/mol. The fourth-order valence-electron chi connectivity index (χ4n) is 4.68. The first-order chi connectivity index (χ1) is 18.1. The highest BCUT2D eigenvalue weighted by atomic mass is 16.7. The van der Waals surface area contributed by atoms with Crippen LogP contribution in [0.3, 0.4) is 0 Å². The van der Waals surface area contributed by atoms with E-state index in [0.29, 0.717) is 16.7 Å². The minimum absolute atomic E-state index is 0.0172. The number of fused-ring (bicyclic) bond motifs is 2. The Morgan fingerprint density at radius 2 is 1.68 bits per heavy atom. The fourth-order valence-corrected chi connectivity index (χ4v) is 4.68. The highest BCUT2D eigenvalue weighted by Crippen LogP contribution is 2.43. The SMILES string of the molecule is COc1cc(O[C@@H]2O[C@H](CO[C@@H]3OC[C@@H](O)[C@H](O)[C@H]3O)[C@@H](O)[C@H](O)[C@H]2O)c2c(O)c3c(cc2c1)COC3=O. The largest absolute Gasteiger partial charge is 0.506 e. The zero-order valence-electron chi connectivity index (χ0n) is 20.0. The fraction of sp³-hybridized carbons (Fsp3) is 0.542. The molecule has 14 heteroatoms. The van der Waals surface area contributed by atoms with Crippen LogP contribution in [0.1, 0.15) is 15.9 Å². The van der Waals surface area contributed by atoms with Crippen molar-refractivity contribution in [1.29, 1.82) is 0 Å². The van der Waals surface area contributed by atoms with Crippen molar-refractivity contribution in [1.82, 2.24) is 0 Å². The molecule has 3 heterocycles. The number of carbonyl (C=O) groups is 1. The van der Waals surface area contributed by atoms with Crippen molar-refractivity contribution in [3.63, 3.8) is 0 Å². The van der Waals surface area contributed by atoms with Crippen LogP contribution < -0.4 is 9.47 Å². The molecule has 0 saturated carbocycles. The molecule has 3 aliphatic heterocycles. The lowest BCUT2D eigenvalue weighted by atomic mass is 9.98. The maximum atomic E-state index is 12.1. The summed E-state index contributed by atoms with van der Waals surface area (Å²) in [6.07, 6.45) is -13.8. The van der Waals surface area contributed by atoms with Crippen molar-refractivity contribution >= 4 is 16.7 Å². The number of phenols is 1. The molecule has 5 rings (SSSR count). The minimum Gasteiger partial charge on any atom is -0.506 e. The van der Waals surface area contributed by atoms with Crippen molar-refractivity contribution in [3.05, 3.63) is 29.3 Å². The van der Waals surface area contributed by atoms with Crippen LogP contribution in [-0.4, -0.2) is 117 Å². The summed E-state index contributed by atoms with van der Waals surface area (Å²) in [6, 6.07) is 4.60. The molecule has 0 amide bonds. The molecule has 38 heavy (non-hydrogen) atoms. The van der Waals surface area contributed by atoms with Crippen LogP contribution in [0.2, 0.25) is 0 Å². The van der Waals surface area contributed by atoms with Crippen LogP contribution in [0.15, 0.2) is 18.2 Å². The molecule has 0 unspecified atom stereocenters. The molecule has 0 radical (unpaired) electrons. The number of rotatable bonds is 6. The lowest BCUT2D eigenvalue weighted by Gasteiger charge is -2.41. The zero-order chi connectivity index (χ0) is 27.3. The molecule has 0 aromatic heterocycles. The maximum absolute atomic E-state index is 12.1. The number of cyclic esters (lactones) is 1. The predicted octanol–water partition coefficient (Wildman–Crippen LogP) is -2.13. The average Bonchev–Trinajstić information content (AvgIpc) is 3.27. The van der Waals surface area contributed by atoms with Gasteiger partial charge in [0.1, 0.15) is 72.1 Å². The van der Waals surface area contributed by atoms with Gasteiger partial charge < -0.3 is 64.2 Å². The molecule has 2 saturated heterocycles. The van der Waals surface area contributed by atoms with Crippen LogP contribution in [0, 0.1) is 0 Å². The lowest BCUT2D eigenvalue weighted by Crippen LogP contribution is -2.61. The number of hydrogen-bond donors (Lipinski definition) is 7. The van der Waals surface area contributed by atoms with Crippen molar-refractivity contribution < 1.29 is 69.0 Å². The molecular formula is C24H28O14. The van der Waals surface area contributed by atoms with Crippen molar-refractivity contribution in [2.45, 2.75) is 61.9 Å². The number of aliphatic hydroxyl groups is 6. The van der Waals surface area contributed by atoms with Crippen LogP contribution in [0.4, 0.5) is 0 Å². The van der Waals surface area contributed by atoms with Crippen molar-refractivity contribution in [2.24, 2.45) is 0 Å². The van der Waals surface area contributed by atoms with Gasteiger partial charge in [0, 0.05) is 11.6 Å². The van der Waals surface area contributed by atoms with Gasteiger partial charge in [-0.3, -0.25) is 0 Å². The molecule has 0 spiro atoms. The van der Waals surface area contributed by atoms with Crippen LogP contribution in [-0.2, 0) is 25.6 Å². The quantitative estimate of drug-likeness (QED) is 0.195. The van der Waals surface area contributed by atoms with Gasteiger partial charge in [0.15, 0.2) is 6.29 Å². The Morgan fingerprint density at radius 1 is 0.947 bits per heavy atom. The summed E-state index contributed by atoms with van der Waals surface area (Å²) in [5.41, 5.74) is 0.436. The summed E-state index contributed by atoms with van der Waals surface area (Å²) < 4.78 is 32.4. The summed E-state index contributed by atoms with van der Waals surface area (Å²) in [7, 11) is 1.40. The number of carbonyl (C=O) groups excluding carboxylic acids is 1. The first kappa shape index (κ1) is 26.8. The first-order valence-corrected chi connectivity index (χ1v) is 11.8. The third kappa shape index (κ3) is 4.64. The summed E-state index contributed by atoms with van der Waals surface area (Å²) >= 11 is 0. The minimum atomic E-state index is -1.75. The van der Waals surface area contributed by atoms with E-state index >= 15 is 0 Å². The number of hydrogen-bond acceptors (Lipinski definition) is 14. The summed E-state index contributed by atoms with van der Waals surface area (Å²) in [6.45, 7) is -0.802. The Bertz CT molecular complexity index is 1200. The normalized spacial score (nSPS) is 35.1. The van der Waals surface area contributed by atoms with E-state index < -0.39 is 73.6 Å². The molecule has 2 aromatic carbocycles. The number of ether oxygens (including phenoxy) is 6. The van der Waals surface area contributed by atoms with E-state index in [4.69, 9.17) is 28.4 Å². The number of esters is 1. The van der Waals surface area contributed by atoms with Gasteiger partial charge in [-0.25, -0.2) is 4.79 Å². The number of benzene rings is 2. The van der Waals surface area contributed by atoms with Crippen LogP contribution in [0.25, 0.3) is 10.8 Å². The van der Waals surface area contributed by atoms with Gasteiger partial charge in [-0.15, -0.1) is 0 Å². The van der Waals surface area contributed by atoms with Gasteiger partial charge in [0.05, 0.1) is 25.7 Å². The van der Waals surface area contributed by atoms with Gasteiger partial charge in [-0.1, -0.05) is 0 Å². The summed E-state index contributed by atoms with van der Waals surface area (Å²) in [5, 5.41) is 72.4. The third-order valence-corrected chi connectivity index (χ3v) is 6.82. The van der Waals surface area contributed by atoms with Crippen molar-refractivity contribution in [3.8, 4) is 17.2 Å². The number of methoxy groups -OCH3 is 1. The Kier molecular flexibility index (Phi) is 7.34. The molecule has 0 bridgehead atoms. The van der Waals surface area contributed by atoms with E-state index in [1.54, 1.807) is 12.1 Å². The Hall–Kier alpha value is -2.79. The van der Waals surface area contributed by atoms with Crippen molar-refractivity contribution in [2.75, 3.05) is 20.3 Å². The second-order valence-electron chi connectivity index (χ2n) is 9.28. The second kappa shape index (κ2) is 10.4. The summed E-state index contributed by atoms with van der Waals surface area (Å²) in [4.78, 5) is 12.1. The van der Waals surface area contributed by atoms with Gasteiger partial charge in [-0.2, -0.15) is 0 Å². The number of phenolic OH excluding ortho intramolecular Hbond substituents is 1. The second-order valence-corrected chi connectivity index (χ2v) is 9.28. The van der Waals surface area contributed by atoms with E-state index in [2.05, 4.69) is 0 Å². The maximum Gasteiger partial charge on any atom is 0.342 e. The molecule has 2 aromatic rings. The molecular weight excluding hydrogens is 512 g/mol. The number of aromatic hydroxyl groups is 1. The van der Waals surface area contributed by atoms with Crippen LogP contribution in [0.5, 0.6) is 17.2 Å². The lowest BCUT2D eigenvalue weighted by molar-refractivity contribution is -0.307. The Balaban J connectivity index is 1.40. The van der Waals surface area contributed by atoms with E-state index in [0.717, 1.165) is 0 Å². The van der Waals surface area contributed by atoms with E-state index in [1.165, 1.54) is 13.2 Å². The molecule has 14 nitrogen and oxygen atoms in total. The van der Waals surface area contributed by atoms with Gasteiger partial charge in [-0.05, 0) is 17.5 Å². The highest BCUT2D eigenvalue weighted by Gasteiger charge is 2.46. The molecule has 9 atom stereocenters. The highest BCUT2D eigenvalue weighted by molar-refractivity contribution is 6.06. The first-order valence-electron chi connectivity index (χ1n) is 11.8. The van der Waals surface area contributed by atoms with Crippen LogP contribution >= 0.6 is 0 Å². The summed E-state index contributed by atoms with van der Waals surface area (Å²) in [5.74, 6) is -0.870. The standard InChI is InChI=1S/C24H28O14/c1-33-10-3-8-2-9-5-34-22(32)15(9)18(28)14(8)12(4-10)37-24-21(31)19(29)17(27)13(38-24)7-36-23-20(30)16(26)11(25)6-35-23/h2-4,11,13,16-17,19-21,23-31H,5-7H2,1H3/t11-,13-,16+,17-,19+,20-,21-,23+,24-/m1/s1. The Labute approximate surface area is 215 Å². The van der Waals surface area contributed by atoms with Gasteiger partial charge in [0.2, 0.25) is 6.29 Å². The third-order valence-electron chi connectivity index (χ3n) is 6.82. The predicted molar refractivity (Wildman–Crippen MR) is 122 cm³/mol. The zero-order valence-corrected chi connectivity index (χ0v) is 20.0. The molecule has 3 aliphatic rings. The van der Waals surface area contributed by atoms with Gasteiger partial charge >= 0.3 is 5.97 Å².